The quantitative estimate of drug-likeness (QED) is 0.618. The van der Waals surface area contributed by atoms with E-state index in [0.29, 0.717) is 18.0 Å². The zero-order chi connectivity index (χ0) is 19.5. The molecule has 1 unspecified atom stereocenters. The largest absolute Gasteiger partial charge is 0.497 e. The summed E-state index contributed by atoms with van der Waals surface area (Å²) in [5, 5.41) is 4.39. The summed E-state index contributed by atoms with van der Waals surface area (Å²) in [5.41, 5.74) is 2.65. The lowest BCUT2D eigenvalue weighted by Gasteiger charge is -2.29. The molecule has 0 radical (unpaired) electrons. The molecular formula is C23H25N3O2. The molecule has 4 rings (SSSR count). The fourth-order valence-corrected chi connectivity index (χ4v) is 3.48. The molecule has 1 fully saturated rings. The number of carbonyl (C=O) groups is 1. The van der Waals surface area contributed by atoms with Crippen molar-refractivity contribution in [3.8, 4) is 11.4 Å². The molecule has 0 spiro atoms. The van der Waals surface area contributed by atoms with Crippen LogP contribution >= 0.6 is 0 Å². The van der Waals surface area contributed by atoms with E-state index in [9.17, 15) is 4.79 Å². The number of benzene rings is 2. The maximum Gasteiger partial charge on any atom is 0.257 e. The SMILES string of the molecule is COc1ccc(CN(C(=O)c2cnn(-c3ccccc3)c2)C(C)C2CC2)cc1. The highest BCUT2D eigenvalue weighted by molar-refractivity contribution is 5.94. The monoisotopic (exact) mass is 375 g/mol. The van der Waals surface area contributed by atoms with Gasteiger partial charge in [-0.3, -0.25) is 4.79 Å². The number of carbonyl (C=O) groups excluding carboxylic acids is 1. The summed E-state index contributed by atoms with van der Waals surface area (Å²) in [6, 6.07) is 18.0. The summed E-state index contributed by atoms with van der Waals surface area (Å²) in [7, 11) is 1.66. The molecule has 0 aliphatic heterocycles. The van der Waals surface area contributed by atoms with Crippen LogP contribution in [0.15, 0.2) is 67.0 Å². The molecule has 5 nitrogen and oxygen atoms in total. The Morgan fingerprint density at radius 2 is 1.89 bits per heavy atom. The standard InChI is InChI=1S/C23H25N3O2/c1-17(19-10-11-19)25(15-18-8-12-22(28-2)13-9-18)23(27)20-14-24-26(16-20)21-6-4-3-5-7-21/h3-9,12-14,16-17,19H,10-11,15H2,1-2H3. The van der Waals surface area contributed by atoms with Crippen LogP contribution in [0.4, 0.5) is 0 Å². The van der Waals surface area contributed by atoms with Gasteiger partial charge in [-0.1, -0.05) is 30.3 Å². The molecule has 28 heavy (non-hydrogen) atoms. The second kappa shape index (κ2) is 7.89. The fraction of sp³-hybridized carbons (Fsp3) is 0.304. The van der Waals surface area contributed by atoms with Gasteiger partial charge in [-0.15, -0.1) is 0 Å². The van der Waals surface area contributed by atoms with Crippen molar-refractivity contribution in [2.75, 3.05) is 7.11 Å². The molecular weight excluding hydrogens is 350 g/mol. The van der Waals surface area contributed by atoms with Crippen molar-refractivity contribution in [2.45, 2.75) is 32.4 Å². The van der Waals surface area contributed by atoms with Crippen LogP contribution in [0.25, 0.3) is 5.69 Å². The predicted molar refractivity (Wildman–Crippen MR) is 109 cm³/mol. The minimum Gasteiger partial charge on any atom is -0.497 e. The lowest BCUT2D eigenvalue weighted by Crippen LogP contribution is -2.39. The number of para-hydroxylation sites is 1. The van der Waals surface area contributed by atoms with E-state index in [-0.39, 0.29) is 11.9 Å². The summed E-state index contributed by atoms with van der Waals surface area (Å²) in [5.74, 6) is 1.43. The summed E-state index contributed by atoms with van der Waals surface area (Å²) >= 11 is 0. The Bertz CT molecular complexity index is 930. The number of methoxy groups -OCH3 is 1. The van der Waals surface area contributed by atoms with Crippen molar-refractivity contribution in [1.29, 1.82) is 0 Å². The molecule has 1 amide bonds. The van der Waals surface area contributed by atoms with Crippen LogP contribution in [0.3, 0.4) is 0 Å². The highest BCUT2D eigenvalue weighted by Crippen LogP contribution is 2.36. The van der Waals surface area contributed by atoms with Gasteiger partial charge in [-0.25, -0.2) is 4.68 Å². The Labute approximate surface area is 165 Å². The molecule has 1 heterocycles. The Morgan fingerprint density at radius 1 is 1.18 bits per heavy atom. The van der Waals surface area contributed by atoms with Crippen LogP contribution < -0.4 is 4.74 Å². The van der Waals surface area contributed by atoms with E-state index in [0.717, 1.165) is 17.0 Å². The van der Waals surface area contributed by atoms with Gasteiger partial charge >= 0.3 is 0 Å². The minimum absolute atomic E-state index is 0.0254. The lowest BCUT2D eigenvalue weighted by atomic mass is 10.1. The van der Waals surface area contributed by atoms with Gasteiger partial charge < -0.3 is 9.64 Å². The molecule has 0 N–H and O–H groups in total. The average molecular weight is 375 g/mol. The second-order valence-electron chi connectivity index (χ2n) is 7.37. The molecule has 1 aromatic heterocycles. The van der Waals surface area contributed by atoms with Crippen molar-refractivity contribution in [2.24, 2.45) is 5.92 Å². The molecule has 5 heteroatoms. The van der Waals surface area contributed by atoms with Crippen LogP contribution in [-0.2, 0) is 6.54 Å². The van der Waals surface area contributed by atoms with Crippen molar-refractivity contribution >= 4 is 5.91 Å². The fourth-order valence-electron chi connectivity index (χ4n) is 3.48. The highest BCUT2D eigenvalue weighted by Gasteiger charge is 2.35. The van der Waals surface area contributed by atoms with Gasteiger partial charge in [0, 0.05) is 18.8 Å². The van der Waals surface area contributed by atoms with Gasteiger partial charge in [0.25, 0.3) is 5.91 Å². The summed E-state index contributed by atoms with van der Waals surface area (Å²) in [6.07, 6.45) is 5.86. The first-order valence-electron chi connectivity index (χ1n) is 9.69. The Hall–Kier alpha value is -3.08. The first kappa shape index (κ1) is 18.3. The minimum atomic E-state index is 0.0254. The van der Waals surface area contributed by atoms with Gasteiger partial charge in [0.2, 0.25) is 0 Å². The topological polar surface area (TPSA) is 47.4 Å². The molecule has 1 saturated carbocycles. The lowest BCUT2D eigenvalue weighted by molar-refractivity contribution is 0.0654. The van der Waals surface area contributed by atoms with Gasteiger partial charge in [0.1, 0.15) is 5.75 Å². The number of hydrogen-bond acceptors (Lipinski definition) is 3. The number of rotatable bonds is 7. The number of ether oxygens (including phenoxy) is 1. The molecule has 1 atom stereocenters. The van der Waals surface area contributed by atoms with E-state index >= 15 is 0 Å². The van der Waals surface area contributed by atoms with E-state index in [2.05, 4.69) is 12.0 Å². The van der Waals surface area contributed by atoms with Crippen LogP contribution in [0.5, 0.6) is 5.75 Å². The van der Waals surface area contributed by atoms with Gasteiger partial charge in [0.05, 0.1) is 24.6 Å². The Balaban J connectivity index is 1.57. The number of hydrogen-bond donors (Lipinski definition) is 0. The maximum absolute atomic E-state index is 13.3. The molecule has 0 saturated heterocycles. The molecule has 2 aromatic carbocycles. The third-order valence-corrected chi connectivity index (χ3v) is 5.42. The van der Waals surface area contributed by atoms with Crippen LogP contribution in [0, 0.1) is 5.92 Å². The number of amides is 1. The first-order chi connectivity index (χ1) is 13.7. The van der Waals surface area contributed by atoms with E-state index in [1.54, 1.807) is 18.0 Å². The Kier molecular flexibility index (Phi) is 5.15. The van der Waals surface area contributed by atoms with Crippen molar-refractivity contribution in [3.63, 3.8) is 0 Å². The summed E-state index contributed by atoms with van der Waals surface area (Å²) < 4.78 is 6.99. The van der Waals surface area contributed by atoms with E-state index < -0.39 is 0 Å². The van der Waals surface area contributed by atoms with E-state index in [1.807, 2.05) is 65.7 Å². The Morgan fingerprint density at radius 3 is 2.54 bits per heavy atom. The van der Waals surface area contributed by atoms with Crippen molar-refractivity contribution < 1.29 is 9.53 Å². The number of nitrogens with zero attached hydrogens (tertiary/aromatic N) is 3. The van der Waals surface area contributed by atoms with Gasteiger partial charge in [0.15, 0.2) is 0 Å². The average Bonchev–Trinajstić information content (AvgIpc) is 3.48. The summed E-state index contributed by atoms with van der Waals surface area (Å²) in [6.45, 7) is 2.73. The third-order valence-electron chi connectivity index (χ3n) is 5.42. The van der Waals surface area contributed by atoms with Crippen molar-refractivity contribution in [1.82, 2.24) is 14.7 Å². The molecule has 0 bridgehead atoms. The number of aromatic nitrogens is 2. The third kappa shape index (κ3) is 3.93. The normalized spacial score (nSPS) is 14.5. The molecule has 1 aliphatic rings. The molecule has 1 aliphatic carbocycles. The van der Waals surface area contributed by atoms with Crippen LogP contribution in [-0.4, -0.2) is 33.7 Å². The zero-order valence-electron chi connectivity index (χ0n) is 16.3. The zero-order valence-corrected chi connectivity index (χ0v) is 16.3. The van der Waals surface area contributed by atoms with Crippen molar-refractivity contribution in [3.05, 3.63) is 78.1 Å². The summed E-state index contributed by atoms with van der Waals surface area (Å²) in [4.78, 5) is 15.3. The second-order valence-corrected chi connectivity index (χ2v) is 7.37. The van der Waals surface area contributed by atoms with E-state index in [1.165, 1.54) is 12.8 Å². The smallest absolute Gasteiger partial charge is 0.257 e. The first-order valence-corrected chi connectivity index (χ1v) is 9.69. The van der Waals surface area contributed by atoms with E-state index in [4.69, 9.17) is 4.74 Å². The molecule has 3 aromatic rings. The van der Waals surface area contributed by atoms with Gasteiger partial charge in [-0.2, -0.15) is 5.10 Å². The maximum atomic E-state index is 13.3. The van der Waals surface area contributed by atoms with Gasteiger partial charge in [-0.05, 0) is 55.5 Å². The highest BCUT2D eigenvalue weighted by atomic mass is 16.5. The predicted octanol–water partition coefficient (Wildman–Crippen LogP) is 4.32. The van der Waals surface area contributed by atoms with Crippen LogP contribution in [0.2, 0.25) is 0 Å². The van der Waals surface area contributed by atoms with Crippen LogP contribution in [0.1, 0.15) is 35.7 Å². The molecule has 144 valence electrons.